The minimum Gasteiger partial charge on any atom is -0.496 e. The van der Waals surface area contributed by atoms with Crippen molar-refractivity contribution in [3.63, 3.8) is 0 Å². The van der Waals surface area contributed by atoms with Crippen LogP contribution >= 0.6 is 11.6 Å². The van der Waals surface area contributed by atoms with Gasteiger partial charge in [-0.3, -0.25) is 19.2 Å². The average Bonchev–Trinajstić information content (AvgIpc) is 3.24. The largest absolute Gasteiger partial charge is 0.496 e. The number of carboxylic acid groups (broad SMARTS) is 1. The molecule has 0 aliphatic carbocycles. The summed E-state index contributed by atoms with van der Waals surface area (Å²) in [6, 6.07) is 20.5. The van der Waals surface area contributed by atoms with E-state index in [0.29, 0.717) is 50.9 Å². The summed E-state index contributed by atoms with van der Waals surface area (Å²) in [5, 5.41) is 20.9. The average molecular weight is 886 g/mol. The first kappa shape index (κ1) is 49.0. The topological polar surface area (TPSA) is 202 Å². The highest BCUT2D eigenvalue weighted by Gasteiger charge is 2.33. The van der Waals surface area contributed by atoms with Gasteiger partial charge < -0.3 is 45.5 Å². The van der Waals surface area contributed by atoms with Crippen molar-refractivity contribution in [3.05, 3.63) is 107 Å². The molecule has 2 unspecified atom stereocenters. The maximum Gasteiger partial charge on any atom is 0.407 e. The number of rotatable bonds is 11. The second kappa shape index (κ2) is 22.5. The third-order valence-corrected chi connectivity index (χ3v) is 10.1. The number of methoxy groups -OCH3 is 2. The zero-order valence-corrected chi connectivity index (χ0v) is 37.6. The van der Waals surface area contributed by atoms with Gasteiger partial charge in [-0.1, -0.05) is 61.3 Å². The number of hydrogen-bond acceptors (Lipinski definition) is 9. The number of fused-ring (bicyclic) bond motifs is 5. The number of carbonyl (C=O) groups excluding carboxylic acids is 5. The lowest BCUT2D eigenvalue weighted by Gasteiger charge is -2.30. The first-order valence-electron chi connectivity index (χ1n) is 20.4. The summed E-state index contributed by atoms with van der Waals surface area (Å²) in [4.78, 5) is 78.0. The molecule has 4 aromatic carbocycles. The molecule has 5 amide bonds. The molecular weight excluding hydrogens is 830 g/mol. The first-order chi connectivity index (χ1) is 29.8. The van der Waals surface area contributed by atoms with Crippen molar-refractivity contribution in [2.75, 3.05) is 34.4 Å². The smallest absolute Gasteiger partial charge is 0.407 e. The number of nitrogens with one attached hydrogen (secondary N) is 4. The molecule has 0 saturated heterocycles. The molecule has 4 aromatic rings. The number of carbonyl (C=O) groups is 6. The maximum absolute atomic E-state index is 13.9. The normalized spacial score (nSPS) is 16.0. The molecule has 0 fully saturated rings. The van der Waals surface area contributed by atoms with E-state index >= 15 is 0 Å². The quantitative estimate of drug-likeness (QED) is 0.103. The predicted octanol–water partition coefficient (Wildman–Crippen LogP) is 6.56. The molecule has 0 saturated carbocycles. The molecule has 1 heterocycles. The Labute approximate surface area is 372 Å². The lowest BCUT2D eigenvalue weighted by Crippen LogP contribution is -2.53. The molecular formula is C47H56ClN5O10. The summed E-state index contributed by atoms with van der Waals surface area (Å²) in [5.74, 6) is -2.90. The summed E-state index contributed by atoms with van der Waals surface area (Å²) in [5.41, 5.74) is 3.77. The van der Waals surface area contributed by atoms with Crippen molar-refractivity contribution in [3.8, 4) is 33.8 Å². The van der Waals surface area contributed by atoms with E-state index in [4.69, 9.17) is 25.8 Å². The Balaban J connectivity index is 0.000000633. The van der Waals surface area contributed by atoms with Gasteiger partial charge in [-0.15, -0.1) is 0 Å². The number of benzene rings is 4. The number of likely N-dealkylation sites (N-methyl/N-ethyl adjacent to an activating group) is 1. The van der Waals surface area contributed by atoms with Gasteiger partial charge in [-0.05, 0) is 105 Å². The van der Waals surface area contributed by atoms with Gasteiger partial charge in [0.05, 0.1) is 20.8 Å². The number of hydrogen-bond donors (Lipinski definition) is 5. The van der Waals surface area contributed by atoms with Gasteiger partial charge in [0.1, 0.15) is 35.2 Å². The molecule has 63 heavy (non-hydrogen) atoms. The molecule has 3 atom stereocenters. The van der Waals surface area contributed by atoms with E-state index in [1.54, 1.807) is 72.8 Å². The van der Waals surface area contributed by atoms with Crippen LogP contribution in [0.15, 0.2) is 84.9 Å². The summed E-state index contributed by atoms with van der Waals surface area (Å²) in [6.45, 7) is 9.32. The minimum absolute atomic E-state index is 0.0428. The highest BCUT2D eigenvalue weighted by molar-refractivity contribution is 6.30. The van der Waals surface area contributed by atoms with E-state index in [0.717, 1.165) is 24.0 Å². The van der Waals surface area contributed by atoms with Crippen LogP contribution in [0.5, 0.6) is 11.5 Å². The molecule has 5 N–H and O–H groups in total. The summed E-state index contributed by atoms with van der Waals surface area (Å²) in [6.07, 6.45) is 1.71. The van der Waals surface area contributed by atoms with Crippen molar-refractivity contribution in [1.29, 1.82) is 0 Å². The van der Waals surface area contributed by atoms with Crippen LogP contribution in [-0.4, -0.2) is 97.7 Å². The third-order valence-electron chi connectivity index (χ3n) is 9.85. The second-order valence-corrected chi connectivity index (χ2v) is 16.2. The molecule has 15 nitrogen and oxygen atoms in total. The lowest BCUT2D eigenvalue weighted by molar-refractivity contribution is -0.142. The highest BCUT2D eigenvalue weighted by atomic mass is 35.5. The molecule has 0 spiro atoms. The van der Waals surface area contributed by atoms with Crippen molar-refractivity contribution < 1.29 is 48.1 Å². The van der Waals surface area contributed by atoms with E-state index in [2.05, 4.69) is 28.2 Å². The van der Waals surface area contributed by atoms with Crippen LogP contribution in [0.25, 0.3) is 22.3 Å². The van der Waals surface area contributed by atoms with E-state index < -0.39 is 59.9 Å². The fourth-order valence-electron chi connectivity index (χ4n) is 6.50. The van der Waals surface area contributed by atoms with Crippen LogP contribution in [0.4, 0.5) is 4.79 Å². The number of alkyl carbamates (subject to hydrolysis) is 1. The Kier molecular flexibility index (Phi) is 17.5. The lowest BCUT2D eigenvalue weighted by atomic mass is 9.93. The number of carboxylic acids is 1. The standard InChI is InChI=1S/C38H37ClN4O8.C9H19NO2/c1-21-35(45)42-30(38(48)49)18-22-5-15-31(50-3)28(17-22)29-19-26(12-16-32(29)51-4)34(37(47)41-21)43(2)33(44)20-40-36(46)25-8-6-23(7-9-25)24-10-13-27(39)14-11-24;1-5-6-7-10-8(11)12-9(2,3)4/h5-17,19,21,30,34H,18,20H2,1-4H3,(H,40,46)(H,41,47)(H,42,45)(H,48,49);5-7H2,1-4H3,(H,10,11)/t21-,30?,34?;/m0./s1. The van der Waals surface area contributed by atoms with Gasteiger partial charge in [0.2, 0.25) is 17.7 Å². The molecule has 1 aliphatic rings. The fraction of sp³-hybridized carbons (Fsp3) is 0.362. The monoisotopic (exact) mass is 885 g/mol. The van der Waals surface area contributed by atoms with E-state index in [9.17, 15) is 33.9 Å². The van der Waals surface area contributed by atoms with Gasteiger partial charge in [-0.2, -0.15) is 0 Å². The van der Waals surface area contributed by atoms with Crippen LogP contribution in [-0.2, 0) is 30.3 Å². The zero-order valence-electron chi connectivity index (χ0n) is 36.8. The van der Waals surface area contributed by atoms with Gasteiger partial charge in [0, 0.05) is 41.7 Å². The summed E-state index contributed by atoms with van der Waals surface area (Å²) >= 11 is 5.99. The Morgan fingerprint density at radius 1 is 0.825 bits per heavy atom. The number of halogens is 1. The number of unbranched alkanes of at least 4 members (excludes halogenated alkanes) is 1. The molecule has 336 valence electrons. The highest BCUT2D eigenvalue weighted by Crippen LogP contribution is 2.39. The first-order valence-corrected chi connectivity index (χ1v) is 20.8. The van der Waals surface area contributed by atoms with Crippen LogP contribution in [0.3, 0.4) is 0 Å². The Morgan fingerprint density at radius 3 is 1.98 bits per heavy atom. The molecule has 1 aliphatic heterocycles. The van der Waals surface area contributed by atoms with Crippen LogP contribution in [0.2, 0.25) is 5.02 Å². The van der Waals surface area contributed by atoms with Crippen LogP contribution in [0, 0.1) is 0 Å². The number of nitrogens with zero attached hydrogens (tertiary/aromatic N) is 1. The van der Waals surface area contributed by atoms with Crippen molar-refractivity contribution in [2.24, 2.45) is 0 Å². The maximum atomic E-state index is 13.9. The van der Waals surface area contributed by atoms with Crippen molar-refractivity contribution in [2.45, 2.75) is 77.6 Å². The van der Waals surface area contributed by atoms with E-state index in [1.165, 1.54) is 33.1 Å². The zero-order chi connectivity index (χ0) is 46.4. The van der Waals surface area contributed by atoms with Gasteiger partial charge >= 0.3 is 12.1 Å². The van der Waals surface area contributed by atoms with Crippen LogP contribution < -0.4 is 30.7 Å². The number of ether oxygens (including phenoxy) is 3. The molecule has 5 rings (SSSR count). The van der Waals surface area contributed by atoms with Gasteiger partial charge in [0.15, 0.2) is 0 Å². The fourth-order valence-corrected chi connectivity index (χ4v) is 6.63. The van der Waals surface area contributed by atoms with E-state index in [1.807, 2.05) is 32.9 Å². The SMILES string of the molecule is CCCCNC(=O)OC(C)(C)C.COc1ccc2cc1-c1cc(ccc1OC)C(N(C)C(=O)CNC(=O)c1ccc(-c3ccc(Cl)cc3)cc1)C(=O)N[C@@H](C)C(=O)NC(C(=O)O)C2. The van der Waals surface area contributed by atoms with Crippen molar-refractivity contribution in [1.82, 2.24) is 26.2 Å². The minimum atomic E-state index is -1.30. The summed E-state index contributed by atoms with van der Waals surface area (Å²) in [7, 11) is 4.39. The molecule has 0 radical (unpaired) electrons. The van der Waals surface area contributed by atoms with E-state index in [-0.39, 0.29) is 12.5 Å². The number of aliphatic carboxylic acids is 1. The third kappa shape index (κ3) is 13.9. The van der Waals surface area contributed by atoms with Gasteiger partial charge in [-0.25, -0.2) is 9.59 Å². The van der Waals surface area contributed by atoms with Crippen LogP contribution in [0.1, 0.15) is 75.0 Å². The Hall–Kier alpha value is -6.61. The molecule has 16 heteroatoms. The number of amides is 5. The summed E-state index contributed by atoms with van der Waals surface area (Å²) < 4.78 is 16.3. The van der Waals surface area contributed by atoms with Crippen molar-refractivity contribution >= 4 is 47.3 Å². The van der Waals surface area contributed by atoms with Gasteiger partial charge in [0.25, 0.3) is 5.91 Å². The second-order valence-electron chi connectivity index (χ2n) is 15.8. The Bertz CT molecular complexity index is 2260. The molecule has 4 bridgehead atoms. The predicted molar refractivity (Wildman–Crippen MR) is 240 cm³/mol. The Morgan fingerprint density at radius 2 is 1.41 bits per heavy atom. The molecule has 0 aromatic heterocycles.